The van der Waals surface area contributed by atoms with Gasteiger partial charge in [-0.05, 0) is 52.0 Å². The second-order valence-electron chi connectivity index (χ2n) is 4.50. The van der Waals surface area contributed by atoms with Crippen molar-refractivity contribution in [1.29, 1.82) is 0 Å². The largest absolute Gasteiger partial charge is 0.478 e. The van der Waals surface area contributed by atoms with Crippen LogP contribution in [0.2, 0.25) is 0 Å². The van der Waals surface area contributed by atoms with Crippen LogP contribution in [0.15, 0.2) is 40.2 Å². The van der Waals surface area contributed by atoms with E-state index in [9.17, 15) is 4.79 Å². The third-order valence-electron chi connectivity index (χ3n) is 3.00. The van der Waals surface area contributed by atoms with Gasteiger partial charge >= 0.3 is 5.97 Å². The number of carbonyl (C=O) groups is 1. The first-order valence-corrected chi connectivity index (χ1v) is 8.12. The fraction of sp³-hybridized carbons (Fsp3) is 0.267. The molecule has 3 nitrogen and oxygen atoms in total. The van der Waals surface area contributed by atoms with Gasteiger partial charge in [0.15, 0.2) is 0 Å². The highest BCUT2D eigenvalue weighted by molar-refractivity contribution is 9.10. The predicted molar refractivity (Wildman–Crippen MR) is 86.7 cm³/mol. The van der Waals surface area contributed by atoms with Gasteiger partial charge in [0.1, 0.15) is 0 Å². The van der Waals surface area contributed by atoms with Crippen molar-refractivity contribution in [3.8, 4) is 0 Å². The number of benzene rings is 1. The molecule has 20 heavy (non-hydrogen) atoms. The SMILES string of the molecule is CCCC(Nc1ccc(C(=O)O)c(Br)c1)c1cccs1. The molecule has 0 amide bonds. The third kappa shape index (κ3) is 3.61. The van der Waals surface area contributed by atoms with Crippen molar-refractivity contribution in [2.75, 3.05) is 5.32 Å². The van der Waals surface area contributed by atoms with Crippen molar-refractivity contribution < 1.29 is 9.90 Å². The number of anilines is 1. The van der Waals surface area contributed by atoms with Crippen LogP contribution in [-0.2, 0) is 0 Å². The van der Waals surface area contributed by atoms with Crippen molar-refractivity contribution in [3.05, 3.63) is 50.6 Å². The van der Waals surface area contributed by atoms with E-state index in [4.69, 9.17) is 5.11 Å². The van der Waals surface area contributed by atoms with Crippen LogP contribution in [0.1, 0.15) is 41.0 Å². The highest BCUT2D eigenvalue weighted by atomic mass is 79.9. The second kappa shape index (κ2) is 6.90. The van der Waals surface area contributed by atoms with E-state index >= 15 is 0 Å². The molecule has 1 aromatic carbocycles. The molecule has 1 atom stereocenters. The van der Waals surface area contributed by atoms with Gasteiger partial charge in [0.05, 0.1) is 11.6 Å². The Morgan fingerprint density at radius 2 is 2.25 bits per heavy atom. The first-order chi connectivity index (χ1) is 9.61. The van der Waals surface area contributed by atoms with Crippen LogP contribution in [0.4, 0.5) is 5.69 Å². The van der Waals surface area contributed by atoms with Crippen molar-refractivity contribution in [2.24, 2.45) is 0 Å². The van der Waals surface area contributed by atoms with Crippen molar-refractivity contribution in [2.45, 2.75) is 25.8 Å². The summed E-state index contributed by atoms with van der Waals surface area (Å²) in [4.78, 5) is 12.3. The molecule has 0 bridgehead atoms. The molecule has 5 heteroatoms. The second-order valence-corrected chi connectivity index (χ2v) is 6.33. The first-order valence-electron chi connectivity index (χ1n) is 6.44. The maximum atomic E-state index is 11.0. The monoisotopic (exact) mass is 353 g/mol. The molecule has 2 rings (SSSR count). The van der Waals surface area contributed by atoms with Gasteiger partial charge in [-0.1, -0.05) is 19.4 Å². The highest BCUT2D eigenvalue weighted by Gasteiger charge is 2.13. The van der Waals surface area contributed by atoms with E-state index in [1.54, 1.807) is 17.4 Å². The zero-order valence-electron chi connectivity index (χ0n) is 11.1. The highest BCUT2D eigenvalue weighted by Crippen LogP contribution is 2.29. The third-order valence-corrected chi connectivity index (χ3v) is 4.65. The zero-order chi connectivity index (χ0) is 14.5. The van der Waals surface area contributed by atoms with Gasteiger partial charge in [0.2, 0.25) is 0 Å². The van der Waals surface area contributed by atoms with E-state index in [1.807, 2.05) is 18.2 Å². The Kier molecular flexibility index (Phi) is 5.20. The molecular weight excluding hydrogens is 338 g/mol. The molecular formula is C15H16BrNO2S. The summed E-state index contributed by atoms with van der Waals surface area (Å²) in [5.74, 6) is -0.924. The first kappa shape index (κ1) is 15.1. The number of carboxylic acids is 1. The van der Waals surface area contributed by atoms with Crippen LogP contribution >= 0.6 is 27.3 Å². The number of thiophene rings is 1. The van der Waals surface area contributed by atoms with Gasteiger partial charge in [-0.15, -0.1) is 11.3 Å². The Balaban J connectivity index is 2.19. The summed E-state index contributed by atoms with van der Waals surface area (Å²) in [5.41, 5.74) is 1.20. The van der Waals surface area contributed by atoms with E-state index in [1.165, 1.54) is 4.88 Å². The Hall–Kier alpha value is -1.33. The molecule has 0 saturated heterocycles. The average Bonchev–Trinajstić information content (AvgIpc) is 2.91. The van der Waals surface area contributed by atoms with Gasteiger partial charge in [-0.25, -0.2) is 4.79 Å². The van der Waals surface area contributed by atoms with Crippen molar-refractivity contribution in [1.82, 2.24) is 0 Å². The molecule has 0 saturated carbocycles. The molecule has 1 aromatic heterocycles. The van der Waals surface area contributed by atoms with Crippen LogP contribution in [-0.4, -0.2) is 11.1 Å². The maximum Gasteiger partial charge on any atom is 0.336 e. The number of hydrogen-bond donors (Lipinski definition) is 2. The molecule has 2 N–H and O–H groups in total. The summed E-state index contributed by atoms with van der Waals surface area (Å²) in [6.45, 7) is 2.16. The van der Waals surface area contributed by atoms with E-state index in [-0.39, 0.29) is 11.6 Å². The Morgan fingerprint density at radius 3 is 2.80 bits per heavy atom. The topological polar surface area (TPSA) is 49.3 Å². The minimum absolute atomic E-state index is 0.266. The number of carboxylic acid groups (broad SMARTS) is 1. The molecule has 0 aliphatic carbocycles. The summed E-state index contributed by atoms with van der Waals surface area (Å²) in [5, 5.41) is 14.6. The van der Waals surface area contributed by atoms with Crippen LogP contribution in [0, 0.1) is 0 Å². The lowest BCUT2D eigenvalue weighted by molar-refractivity contribution is 0.0696. The standard InChI is InChI=1S/C15H16BrNO2S/c1-2-4-13(14-5-3-8-20-14)17-10-6-7-11(15(18)19)12(16)9-10/h3,5-9,13,17H,2,4H2,1H3,(H,18,19). The number of halogens is 1. The minimum Gasteiger partial charge on any atom is -0.478 e. The molecule has 2 aromatic rings. The van der Waals surface area contributed by atoms with E-state index in [0.717, 1.165) is 18.5 Å². The fourth-order valence-corrected chi connectivity index (χ4v) is 3.40. The normalized spacial score (nSPS) is 12.1. The fourth-order valence-electron chi connectivity index (χ4n) is 2.04. The minimum atomic E-state index is -0.924. The quantitative estimate of drug-likeness (QED) is 0.753. The van der Waals surface area contributed by atoms with Crippen LogP contribution in [0.3, 0.4) is 0 Å². The van der Waals surface area contributed by atoms with Gasteiger partial charge in [0.25, 0.3) is 0 Å². The molecule has 1 heterocycles. The lowest BCUT2D eigenvalue weighted by Crippen LogP contribution is -2.09. The maximum absolute atomic E-state index is 11.0. The van der Waals surface area contributed by atoms with Crippen LogP contribution in [0.25, 0.3) is 0 Å². The van der Waals surface area contributed by atoms with E-state index < -0.39 is 5.97 Å². The summed E-state index contributed by atoms with van der Waals surface area (Å²) >= 11 is 5.04. The van der Waals surface area contributed by atoms with Crippen LogP contribution in [0.5, 0.6) is 0 Å². The molecule has 1 unspecified atom stereocenters. The number of aromatic carboxylic acids is 1. The van der Waals surface area contributed by atoms with Crippen LogP contribution < -0.4 is 5.32 Å². The molecule has 0 fully saturated rings. The van der Waals surface area contributed by atoms with Crippen molar-refractivity contribution in [3.63, 3.8) is 0 Å². The average molecular weight is 354 g/mol. The Bertz CT molecular complexity index is 584. The molecule has 0 spiro atoms. The zero-order valence-corrected chi connectivity index (χ0v) is 13.5. The van der Waals surface area contributed by atoms with Crippen molar-refractivity contribution >= 4 is 38.9 Å². The summed E-state index contributed by atoms with van der Waals surface area (Å²) in [6.07, 6.45) is 2.13. The summed E-state index contributed by atoms with van der Waals surface area (Å²) < 4.78 is 0.594. The smallest absolute Gasteiger partial charge is 0.336 e. The molecule has 0 aliphatic rings. The Labute approximate surface area is 130 Å². The number of hydrogen-bond acceptors (Lipinski definition) is 3. The molecule has 106 valence electrons. The van der Waals surface area contributed by atoms with Gasteiger partial charge in [0, 0.05) is 15.0 Å². The van der Waals surface area contributed by atoms with E-state index in [2.05, 4.69) is 39.6 Å². The number of rotatable bonds is 6. The van der Waals surface area contributed by atoms with E-state index in [0.29, 0.717) is 4.47 Å². The summed E-state index contributed by atoms with van der Waals surface area (Å²) in [7, 11) is 0. The van der Waals surface area contributed by atoms with Gasteiger partial charge in [-0.3, -0.25) is 0 Å². The lowest BCUT2D eigenvalue weighted by atomic mass is 10.1. The molecule has 0 aliphatic heterocycles. The Morgan fingerprint density at radius 1 is 1.45 bits per heavy atom. The van der Waals surface area contributed by atoms with Gasteiger partial charge < -0.3 is 10.4 Å². The van der Waals surface area contributed by atoms with Gasteiger partial charge in [-0.2, -0.15) is 0 Å². The lowest BCUT2D eigenvalue weighted by Gasteiger charge is -2.18. The summed E-state index contributed by atoms with van der Waals surface area (Å²) in [6, 6.07) is 9.69. The molecule has 0 radical (unpaired) electrons. The number of nitrogens with one attached hydrogen (secondary N) is 1. The predicted octanol–water partition coefficient (Wildman–Crippen LogP) is 5.16.